The van der Waals surface area contributed by atoms with E-state index in [2.05, 4.69) is 31.1 Å². The summed E-state index contributed by atoms with van der Waals surface area (Å²) in [6.45, 7) is 7.41. The minimum absolute atomic E-state index is 0.323. The second kappa shape index (κ2) is 6.90. The number of aryl methyl sites for hydroxylation is 1. The number of hydrogen-bond acceptors (Lipinski definition) is 3. The molecule has 5 heteroatoms. The molecule has 2 aromatic rings. The van der Waals surface area contributed by atoms with Gasteiger partial charge in [-0.25, -0.2) is 4.98 Å². The van der Waals surface area contributed by atoms with Gasteiger partial charge in [0, 0.05) is 16.5 Å². The van der Waals surface area contributed by atoms with Crippen molar-refractivity contribution >= 4 is 34.5 Å². The van der Waals surface area contributed by atoms with E-state index in [1.165, 1.54) is 4.88 Å². The van der Waals surface area contributed by atoms with Crippen molar-refractivity contribution in [2.45, 2.75) is 33.2 Å². The molecule has 1 N–H and O–H groups in total. The summed E-state index contributed by atoms with van der Waals surface area (Å²) in [6, 6.07) is 5.97. The Morgan fingerprint density at radius 1 is 1.30 bits per heavy atom. The van der Waals surface area contributed by atoms with Crippen LogP contribution in [0.4, 0.5) is 0 Å². The summed E-state index contributed by atoms with van der Waals surface area (Å²) < 4.78 is 0. The molecule has 2 nitrogen and oxygen atoms in total. The van der Waals surface area contributed by atoms with Crippen molar-refractivity contribution in [2.75, 3.05) is 6.54 Å². The number of hydrogen-bond donors (Lipinski definition) is 1. The lowest BCUT2D eigenvalue weighted by atomic mass is 10.2. The van der Waals surface area contributed by atoms with Crippen LogP contribution in [0.1, 0.15) is 36.9 Å². The highest BCUT2D eigenvalue weighted by Gasteiger charge is 2.15. The molecule has 20 heavy (non-hydrogen) atoms. The van der Waals surface area contributed by atoms with Crippen molar-refractivity contribution in [3.63, 3.8) is 0 Å². The first kappa shape index (κ1) is 15.8. The Hall–Kier alpha value is -0.610. The molecule has 1 aromatic carbocycles. The van der Waals surface area contributed by atoms with Crippen LogP contribution in [-0.4, -0.2) is 11.5 Å². The van der Waals surface area contributed by atoms with Crippen molar-refractivity contribution < 1.29 is 0 Å². The lowest BCUT2D eigenvalue weighted by Gasteiger charge is -2.11. The zero-order chi connectivity index (χ0) is 14.7. The van der Waals surface area contributed by atoms with E-state index in [-0.39, 0.29) is 0 Å². The summed E-state index contributed by atoms with van der Waals surface area (Å²) in [5, 5.41) is 5.62. The third kappa shape index (κ3) is 3.53. The third-order valence-corrected chi connectivity index (χ3v) is 5.22. The molecule has 1 atom stereocenters. The lowest BCUT2D eigenvalue weighted by molar-refractivity contribution is 0.575. The lowest BCUT2D eigenvalue weighted by Crippen LogP contribution is -2.18. The van der Waals surface area contributed by atoms with E-state index < -0.39 is 0 Å². The first-order chi connectivity index (χ1) is 9.52. The number of thiazole rings is 1. The molecule has 0 aliphatic heterocycles. The summed E-state index contributed by atoms with van der Waals surface area (Å²) in [5.41, 5.74) is 2.09. The van der Waals surface area contributed by atoms with Crippen molar-refractivity contribution in [1.82, 2.24) is 10.3 Å². The van der Waals surface area contributed by atoms with E-state index in [1.54, 1.807) is 11.3 Å². The van der Waals surface area contributed by atoms with Gasteiger partial charge in [-0.1, -0.05) is 36.2 Å². The van der Waals surface area contributed by atoms with E-state index >= 15 is 0 Å². The summed E-state index contributed by atoms with van der Waals surface area (Å²) in [4.78, 5) is 5.93. The smallest absolute Gasteiger partial charge is 0.123 e. The maximum Gasteiger partial charge on any atom is 0.123 e. The quantitative estimate of drug-likeness (QED) is 0.785. The summed E-state index contributed by atoms with van der Waals surface area (Å²) in [6.07, 6.45) is 1.13. The molecule has 0 spiro atoms. The van der Waals surface area contributed by atoms with Gasteiger partial charge in [-0.3, -0.25) is 0 Å². The molecular weight excluding hydrogens is 311 g/mol. The van der Waals surface area contributed by atoms with Crippen LogP contribution < -0.4 is 5.32 Å². The highest BCUT2D eigenvalue weighted by atomic mass is 35.5. The minimum atomic E-state index is 0.323. The van der Waals surface area contributed by atoms with Gasteiger partial charge in [0.05, 0.1) is 15.7 Å². The summed E-state index contributed by atoms with van der Waals surface area (Å²) in [5.74, 6) is 0. The van der Waals surface area contributed by atoms with Gasteiger partial charge in [-0.05, 0) is 38.9 Å². The fourth-order valence-corrected chi connectivity index (χ4v) is 3.40. The Morgan fingerprint density at radius 2 is 2.05 bits per heavy atom. The molecule has 1 heterocycles. The Bertz CT molecular complexity index is 596. The SMILES string of the molecule is CCCNC(C)c1sc(-c2ccc(Cl)c(Cl)c2)nc1C. The number of aromatic nitrogens is 1. The van der Waals surface area contributed by atoms with E-state index in [4.69, 9.17) is 23.2 Å². The van der Waals surface area contributed by atoms with Crippen LogP contribution in [0.2, 0.25) is 10.0 Å². The van der Waals surface area contributed by atoms with Gasteiger partial charge in [0.15, 0.2) is 0 Å². The first-order valence-electron chi connectivity index (χ1n) is 6.69. The molecule has 1 aromatic heterocycles. The Morgan fingerprint density at radius 3 is 2.70 bits per heavy atom. The minimum Gasteiger partial charge on any atom is -0.309 e. The van der Waals surface area contributed by atoms with Gasteiger partial charge in [0.2, 0.25) is 0 Å². The third-order valence-electron chi connectivity index (χ3n) is 3.09. The van der Waals surface area contributed by atoms with E-state index in [0.717, 1.165) is 29.2 Å². The molecule has 0 saturated carbocycles. The predicted molar refractivity (Wildman–Crippen MR) is 89.0 cm³/mol. The number of benzene rings is 1. The van der Waals surface area contributed by atoms with Gasteiger partial charge in [0.1, 0.15) is 5.01 Å². The average Bonchev–Trinajstić information content (AvgIpc) is 2.81. The van der Waals surface area contributed by atoms with Crippen LogP contribution in [0.15, 0.2) is 18.2 Å². The highest BCUT2D eigenvalue weighted by molar-refractivity contribution is 7.15. The number of nitrogens with one attached hydrogen (secondary N) is 1. The molecule has 0 aliphatic carbocycles. The molecular formula is C15H18Cl2N2S. The fraction of sp³-hybridized carbons (Fsp3) is 0.400. The van der Waals surface area contributed by atoms with Crippen LogP contribution in [0.25, 0.3) is 10.6 Å². The highest BCUT2D eigenvalue weighted by Crippen LogP contribution is 2.34. The molecule has 0 fully saturated rings. The van der Waals surface area contributed by atoms with Gasteiger partial charge < -0.3 is 5.32 Å². The van der Waals surface area contributed by atoms with Gasteiger partial charge in [0.25, 0.3) is 0 Å². The predicted octanol–water partition coefficient (Wildman–Crippen LogP) is 5.49. The number of nitrogens with zero attached hydrogens (tertiary/aromatic N) is 1. The van der Waals surface area contributed by atoms with E-state index in [9.17, 15) is 0 Å². The molecule has 1 unspecified atom stereocenters. The van der Waals surface area contributed by atoms with Crippen LogP contribution in [0.5, 0.6) is 0 Å². The van der Waals surface area contributed by atoms with Crippen LogP contribution in [0, 0.1) is 6.92 Å². The largest absolute Gasteiger partial charge is 0.309 e. The Kier molecular flexibility index (Phi) is 5.44. The molecule has 0 amide bonds. The second-order valence-electron chi connectivity index (χ2n) is 4.77. The van der Waals surface area contributed by atoms with Crippen molar-refractivity contribution in [2.24, 2.45) is 0 Å². The van der Waals surface area contributed by atoms with Crippen LogP contribution >= 0.6 is 34.5 Å². The van der Waals surface area contributed by atoms with Crippen molar-refractivity contribution in [1.29, 1.82) is 0 Å². The number of halogens is 2. The maximum atomic E-state index is 6.07. The van der Waals surface area contributed by atoms with Gasteiger partial charge in [-0.2, -0.15) is 0 Å². The summed E-state index contributed by atoms with van der Waals surface area (Å²) >= 11 is 13.7. The Balaban J connectivity index is 2.28. The van der Waals surface area contributed by atoms with Crippen LogP contribution in [0.3, 0.4) is 0 Å². The molecule has 0 aliphatic rings. The zero-order valence-corrected chi connectivity index (χ0v) is 14.2. The van der Waals surface area contributed by atoms with Crippen molar-refractivity contribution in [3.8, 4) is 10.6 Å². The topological polar surface area (TPSA) is 24.9 Å². The average molecular weight is 329 g/mol. The van der Waals surface area contributed by atoms with Gasteiger partial charge in [-0.15, -0.1) is 11.3 Å². The van der Waals surface area contributed by atoms with E-state index in [0.29, 0.717) is 16.1 Å². The molecule has 0 saturated heterocycles. The van der Waals surface area contributed by atoms with Crippen LogP contribution in [-0.2, 0) is 0 Å². The molecule has 0 radical (unpaired) electrons. The standard InChI is InChI=1S/C15H18Cl2N2S/c1-4-7-18-9(2)14-10(3)19-15(20-14)11-5-6-12(16)13(17)8-11/h5-6,8-9,18H,4,7H2,1-3H3. The van der Waals surface area contributed by atoms with E-state index in [1.807, 2.05) is 18.2 Å². The fourth-order valence-electron chi connectivity index (χ4n) is 2.02. The molecule has 0 bridgehead atoms. The zero-order valence-electron chi connectivity index (χ0n) is 11.8. The normalized spacial score (nSPS) is 12.7. The van der Waals surface area contributed by atoms with Crippen molar-refractivity contribution in [3.05, 3.63) is 38.8 Å². The monoisotopic (exact) mass is 328 g/mol. The second-order valence-corrected chi connectivity index (χ2v) is 6.62. The van der Waals surface area contributed by atoms with Gasteiger partial charge >= 0.3 is 0 Å². The molecule has 2 rings (SSSR count). The first-order valence-corrected chi connectivity index (χ1v) is 8.26. The molecule has 108 valence electrons. The summed E-state index contributed by atoms with van der Waals surface area (Å²) in [7, 11) is 0. The Labute approximate surface area is 134 Å². The maximum absolute atomic E-state index is 6.07. The number of rotatable bonds is 5.